The molecular formula is C18H15FO2. The highest BCUT2D eigenvalue weighted by atomic mass is 19.1. The van der Waals surface area contributed by atoms with Crippen molar-refractivity contribution in [3.05, 3.63) is 72.0 Å². The lowest BCUT2D eigenvalue weighted by Crippen LogP contribution is -1.99. The van der Waals surface area contributed by atoms with Crippen LogP contribution in [-0.4, -0.2) is 5.11 Å². The molecule has 2 nitrogen and oxygen atoms in total. The second-order valence-electron chi connectivity index (χ2n) is 4.91. The van der Waals surface area contributed by atoms with Gasteiger partial charge in [0.2, 0.25) is 0 Å². The van der Waals surface area contributed by atoms with Gasteiger partial charge in [-0.1, -0.05) is 48.5 Å². The molecule has 3 heteroatoms. The van der Waals surface area contributed by atoms with Crippen molar-refractivity contribution in [1.29, 1.82) is 0 Å². The Morgan fingerprint density at radius 1 is 0.952 bits per heavy atom. The first-order valence-electron chi connectivity index (χ1n) is 6.79. The highest BCUT2D eigenvalue weighted by Crippen LogP contribution is 2.35. The number of aliphatic hydroxyl groups is 1. The van der Waals surface area contributed by atoms with E-state index >= 15 is 0 Å². The summed E-state index contributed by atoms with van der Waals surface area (Å²) in [5, 5.41) is 11.7. The average molecular weight is 282 g/mol. The van der Waals surface area contributed by atoms with Gasteiger partial charge in [-0.25, -0.2) is 4.39 Å². The summed E-state index contributed by atoms with van der Waals surface area (Å²) in [5.74, 6) is 0.158. The van der Waals surface area contributed by atoms with Gasteiger partial charge < -0.3 is 9.84 Å². The molecule has 0 fully saturated rings. The van der Waals surface area contributed by atoms with Crippen LogP contribution in [0.5, 0.6) is 11.5 Å². The number of hydrogen-bond donors (Lipinski definition) is 1. The number of halogens is 1. The molecule has 21 heavy (non-hydrogen) atoms. The van der Waals surface area contributed by atoms with E-state index in [1.165, 1.54) is 6.07 Å². The smallest absolute Gasteiger partial charge is 0.168 e. The topological polar surface area (TPSA) is 29.5 Å². The molecular weight excluding hydrogens is 267 g/mol. The number of para-hydroxylation sites is 1. The van der Waals surface area contributed by atoms with Gasteiger partial charge in [-0.05, 0) is 24.4 Å². The van der Waals surface area contributed by atoms with E-state index in [1.54, 1.807) is 25.1 Å². The molecule has 106 valence electrons. The third kappa shape index (κ3) is 2.60. The van der Waals surface area contributed by atoms with Gasteiger partial charge in [0.15, 0.2) is 11.6 Å². The standard InChI is InChI=1S/C18H15FO2/c1-12(20)14-9-5-10-16(19)18(14)21-17-11-4-7-13-6-2-3-8-15(13)17/h2-12,20H,1H3/t12-/m1/s1. The lowest BCUT2D eigenvalue weighted by atomic mass is 10.1. The number of fused-ring (bicyclic) bond motifs is 1. The SMILES string of the molecule is C[C@@H](O)c1cccc(F)c1Oc1cccc2ccccc12. The van der Waals surface area contributed by atoms with Crippen LogP contribution in [0.4, 0.5) is 4.39 Å². The van der Waals surface area contributed by atoms with Gasteiger partial charge >= 0.3 is 0 Å². The second kappa shape index (κ2) is 5.54. The highest BCUT2D eigenvalue weighted by molar-refractivity contribution is 5.88. The summed E-state index contributed by atoms with van der Waals surface area (Å²) in [6.07, 6.45) is -0.800. The van der Waals surface area contributed by atoms with Crippen molar-refractivity contribution in [2.45, 2.75) is 13.0 Å². The van der Waals surface area contributed by atoms with Crippen LogP contribution in [0.2, 0.25) is 0 Å². The molecule has 0 aromatic heterocycles. The van der Waals surface area contributed by atoms with Gasteiger partial charge in [0.1, 0.15) is 5.75 Å². The van der Waals surface area contributed by atoms with Crippen molar-refractivity contribution >= 4 is 10.8 Å². The molecule has 0 aliphatic heterocycles. The fraction of sp³-hybridized carbons (Fsp3) is 0.111. The van der Waals surface area contributed by atoms with Gasteiger partial charge in [-0.2, -0.15) is 0 Å². The van der Waals surface area contributed by atoms with Gasteiger partial charge in [-0.3, -0.25) is 0 Å². The largest absolute Gasteiger partial charge is 0.453 e. The van der Waals surface area contributed by atoms with E-state index in [-0.39, 0.29) is 5.75 Å². The normalized spacial score (nSPS) is 12.3. The van der Waals surface area contributed by atoms with Crippen molar-refractivity contribution in [2.24, 2.45) is 0 Å². The van der Waals surface area contributed by atoms with Gasteiger partial charge in [0, 0.05) is 10.9 Å². The van der Waals surface area contributed by atoms with E-state index in [4.69, 9.17) is 4.74 Å². The van der Waals surface area contributed by atoms with Gasteiger partial charge in [-0.15, -0.1) is 0 Å². The van der Waals surface area contributed by atoms with Crippen LogP contribution in [0.1, 0.15) is 18.6 Å². The Kier molecular flexibility index (Phi) is 3.59. The third-order valence-corrected chi connectivity index (χ3v) is 3.41. The van der Waals surface area contributed by atoms with Crippen molar-refractivity contribution < 1.29 is 14.2 Å². The number of hydrogen-bond acceptors (Lipinski definition) is 2. The predicted molar refractivity (Wildman–Crippen MR) is 81.1 cm³/mol. The van der Waals surface area contributed by atoms with Crippen LogP contribution < -0.4 is 4.74 Å². The fourth-order valence-electron chi connectivity index (χ4n) is 2.36. The molecule has 3 aromatic carbocycles. The van der Waals surface area contributed by atoms with E-state index in [2.05, 4.69) is 0 Å². The molecule has 0 amide bonds. The number of ether oxygens (including phenoxy) is 1. The summed E-state index contributed by atoms with van der Waals surface area (Å²) in [4.78, 5) is 0. The zero-order valence-electron chi connectivity index (χ0n) is 11.6. The summed E-state index contributed by atoms with van der Waals surface area (Å²) in [6, 6.07) is 17.9. The third-order valence-electron chi connectivity index (χ3n) is 3.41. The van der Waals surface area contributed by atoms with Crippen LogP contribution in [0, 0.1) is 5.82 Å². The summed E-state index contributed by atoms with van der Waals surface area (Å²) in [5.41, 5.74) is 0.433. The Hall–Kier alpha value is -2.39. The summed E-state index contributed by atoms with van der Waals surface area (Å²) < 4.78 is 19.8. The molecule has 0 spiro atoms. The van der Waals surface area contributed by atoms with E-state index in [9.17, 15) is 9.50 Å². The minimum atomic E-state index is -0.800. The molecule has 0 unspecified atom stereocenters. The quantitative estimate of drug-likeness (QED) is 0.746. The van der Waals surface area contributed by atoms with Crippen LogP contribution in [0.3, 0.4) is 0 Å². The van der Waals surface area contributed by atoms with E-state index in [0.29, 0.717) is 11.3 Å². The van der Waals surface area contributed by atoms with E-state index in [0.717, 1.165) is 10.8 Å². The zero-order chi connectivity index (χ0) is 14.8. The lowest BCUT2D eigenvalue weighted by Gasteiger charge is -2.15. The van der Waals surface area contributed by atoms with Crippen LogP contribution in [0.15, 0.2) is 60.7 Å². The summed E-state index contributed by atoms with van der Waals surface area (Å²) in [6.45, 7) is 1.59. The molecule has 0 saturated heterocycles. The lowest BCUT2D eigenvalue weighted by molar-refractivity contribution is 0.194. The van der Waals surface area contributed by atoms with Crippen LogP contribution in [0.25, 0.3) is 10.8 Å². The fourth-order valence-corrected chi connectivity index (χ4v) is 2.36. The van der Waals surface area contributed by atoms with Crippen molar-refractivity contribution in [3.63, 3.8) is 0 Å². The molecule has 1 atom stereocenters. The minimum absolute atomic E-state index is 0.0730. The maximum Gasteiger partial charge on any atom is 0.168 e. The molecule has 0 heterocycles. The highest BCUT2D eigenvalue weighted by Gasteiger charge is 2.15. The second-order valence-corrected chi connectivity index (χ2v) is 4.91. The number of benzene rings is 3. The Morgan fingerprint density at radius 2 is 1.67 bits per heavy atom. The summed E-state index contributed by atoms with van der Waals surface area (Å²) in [7, 11) is 0. The zero-order valence-corrected chi connectivity index (χ0v) is 11.6. The Morgan fingerprint density at radius 3 is 2.48 bits per heavy atom. The molecule has 0 radical (unpaired) electrons. The maximum atomic E-state index is 14.1. The monoisotopic (exact) mass is 282 g/mol. The first-order chi connectivity index (χ1) is 10.2. The van der Waals surface area contributed by atoms with Crippen LogP contribution >= 0.6 is 0 Å². The van der Waals surface area contributed by atoms with Crippen LogP contribution in [-0.2, 0) is 0 Å². The molecule has 0 aliphatic rings. The minimum Gasteiger partial charge on any atom is -0.453 e. The van der Waals surface area contributed by atoms with Crippen molar-refractivity contribution in [3.8, 4) is 11.5 Å². The maximum absolute atomic E-state index is 14.1. The van der Waals surface area contributed by atoms with Gasteiger partial charge in [0.05, 0.1) is 6.10 Å². The summed E-state index contributed by atoms with van der Waals surface area (Å²) >= 11 is 0. The Labute approximate surface area is 122 Å². The van der Waals surface area contributed by atoms with Crippen molar-refractivity contribution in [1.82, 2.24) is 0 Å². The Bertz CT molecular complexity index is 776. The first-order valence-corrected chi connectivity index (χ1v) is 6.79. The Balaban J connectivity index is 2.11. The predicted octanol–water partition coefficient (Wildman–Crippen LogP) is 4.82. The average Bonchev–Trinajstić information content (AvgIpc) is 2.49. The van der Waals surface area contributed by atoms with E-state index in [1.807, 2.05) is 36.4 Å². The number of aliphatic hydroxyl groups excluding tert-OH is 1. The van der Waals surface area contributed by atoms with E-state index < -0.39 is 11.9 Å². The molecule has 3 rings (SSSR count). The van der Waals surface area contributed by atoms with Crippen molar-refractivity contribution in [2.75, 3.05) is 0 Å². The molecule has 1 N–H and O–H groups in total. The molecule has 0 bridgehead atoms. The molecule has 3 aromatic rings. The number of rotatable bonds is 3. The first kappa shape index (κ1) is 13.6. The molecule has 0 aliphatic carbocycles. The molecule has 0 saturated carbocycles. The van der Waals surface area contributed by atoms with Gasteiger partial charge in [0.25, 0.3) is 0 Å².